The van der Waals surface area contributed by atoms with Crippen LogP contribution in [0.25, 0.3) is 22.0 Å². The summed E-state index contributed by atoms with van der Waals surface area (Å²) < 4.78 is 5.50. The van der Waals surface area contributed by atoms with E-state index in [1.807, 2.05) is 47.4 Å². The Bertz CT molecular complexity index is 982. The van der Waals surface area contributed by atoms with E-state index < -0.39 is 0 Å². The molecule has 4 rings (SSSR count). The first-order valence-corrected chi connectivity index (χ1v) is 10.6. The minimum absolute atomic E-state index is 0.0112. The monoisotopic (exact) mass is 409 g/mol. The van der Waals surface area contributed by atoms with Gasteiger partial charge in [-0.25, -0.2) is 4.98 Å². The molecule has 2 aromatic heterocycles. The molecule has 3 heterocycles. The number of hydrogen-bond donors (Lipinski definition) is 1. The van der Waals surface area contributed by atoms with Crippen LogP contribution in [-0.2, 0) is 4.79 Å². The van der Waals surface area contributed by atoms with Crippen LogP contribution in [0.1, 0.15) is 35.4 Å². The summed E-state index contributed by atoms with van der Waals surface area (Å²) in [6.45, 7) is 1.36. The Hall–Kier alpha value is -2.93. The zero-order valence-corrected chi connectivity index (χ0v) is 16.9. The molecule has 6 nitrogen and oxygen atoms in total. The fourth-order valence-corrected chi connectivity index (χ4v) is 4.76. The lowest BCUT2D eigenvalue weighted by Gasteiger charge is -2.32. The fraction of sp³-hybridized carbons (Fsp3) is 0.318. The van der Waals surface area contributed by atoms with Crippen molar-refractivity contribution in [1.29, 1.82) is 0 Å². The van der Waals surface area contributed by atoms with Gasteiger partial charge in [-0.05, 0) is 37.3 Å². The Kier molecular flexibility index (Phi) is 5.76. The Labute approximate surface area is 173 Å². The molecule has 2 N–H and O–H groups in total. The van der Waals surface area contributed by atoms with Crippen molar-refractivity contribution < 1.29 is 14.0 Å². The lowest BCUT2D eigenvalue weighted by Crippen LogP contribution is -2.40. The topological polar surface area (TPSA) is 89.4 Å². The summed E-state index contributed by atoms with van der Waals surface area (Å²) >= 11 is 1.36. The van der Waals surface area contributed by atoms with Gasteiger partial charge in [0.1, 0.15) is 4.88 Å². The average Bonchev–Trinajstić information content (AvgIpc) is 3.42. The summed E-state index contributed by atoms with van der Waals surface area (Å²) in [5.41, 5.74) is 6.89. The molecule has 0 bridgehead atoms. The van der Waals surface area contributed by atoms with Crippen molar-refractivity contribution in [3.05, 3.63) is 53.6 Å². The van der Waals surface area contributed by atoms with Gasteiger partial charge >= 0.3 is 0 Å². The maximum Gasteiger partial charge on any atom is 0.266 e. The number of aromatic nitrogens is 1. The predicted molar refractivity (Wildman–Crippen MR) is 112 cm³/mol. The molecule has 150 valence electrons. The number of benzene rings is 1. The lowest BCUT2D eigenvalue weighted by molar-refractivity contribution is -0.118. The van der Waals surface area contributed by atoms with Crippen LogP contribution in [0.4, 0.5) is 0 Å². The number of likely N-dealkylation sites (tertiary alicyclic amines) is 1. The van der Waals surface area contributed by atoms with E-state index in [9.17, 15) is 9.59 Å². The van der Waals surface area contributed by atoms with Crippen molar-refractivity contribution in [3.8, 4) is 22.0 Å². The largest absolute Gasteiger partial charge is 0.462 e. The first kappa shape index (κ1) is 19.4. The van der Waals surface area contributed by atoms with Gasteiger partial charge in [0.05, 0.1) is 12.0 Å². The fourth-order valence-electron chi connectivity index (χ4n) is 3.74. The number of rotatable bonds is 6. The number of carbonyl (C=O) groups is 2. The van der Waals surface area contributed by atoms with E-state index in [-0.39, 0.29) is 11.8 Å². The van der Waals surface area contributed by atoms with Gasteiger partial charge in [-0.2, -0.15) is 0 Å². The minimum atomic E-state index is -0.287. The molecule has 3 aromatic rings. The number of nitrogens with two attached hydrogens (primary N) is 1. The second-order valence-corrected chi connectivity index (χ2v) is 8.30. The number of hydrogen-bond acceptors (Lipinski definition) is 5. The summed E-state index contributed by atoms with van der Waals surface area (Å²) in [7, 11) is 0. The normalized spacial score (nSPS) is 16.7. The Morgan fingerprint density at radius 1 is 1.21 bits per heavy atom. The quantitative estimate of drug-likeness (QED) is 0.661. The molecule has 0 aliphatic carbocycles. The first-order valence-electron chi connectivity index (χ1n) is 9.79. The summed E-state index contributed by atoms with van der Waals surface area (Å²) in [5, 5.41) is 0.694. The van der Waals surface area contributed by atoms with E-state index in [1.165, 1.54) is 11.3 Å². The highest BCUT2D eigenvalue weighted by atomic mass is 32.1. The van der Waals surface area contributed by atoms with Gasteiger partial charge in [-0.3, -0.25) is 9.59 Å². The van der Waals surface area contributed by atoms with Crippen molar-refractivity contribution in [2.75, 3.05) is 13.1 Å². The van der Waals surface area contributed by atoms with E-state index in [2.05, 4.69) is 0 Å². The van der Waals surface area contributed by atoms with E-state index in [0.717, 1.165) is 24.8 Å². The van der Waals surface area contributed by atoms with Gasteiger partial charge in [0.25, 0.3) is 5.91 Å². The van der Waals surface area contributed by atoms with Gasteiger partial charge < -0.3 is 15.1 Å². The zero-order valence-electron chi connectivity index (χ0n) is 16.0. The molecule has 1 fully saturated rings. The molecule has 29 heavy (non-hydrogen) atoms. The van der Waals surface area contributed by atoms with E-state index in [1.54, 1.807) is 6.26 Å². The maximum absolute atomic E-state index is 13.4. The highest BCUT2D eigenvalue weighted by Gasteiger charge is 2.29. The van der Waals surface area contributed by atoms with Crippen LogP contribution in [0.5, 0.6) is 0 Å². The van der Waals surface area contributed by atoms with Crippen LogP contribution >= 0.6 is 11.3 Å². The number of carbonyl (C=O) groups excluding carboxylic acids is 2. The Morgan fingerprint density at radius 3 is 2.76 bits per heavy atom. The smallest absolute Gasteiger partial charge is 0.266 e. The molecule has 1 unspecified atom stereocenters. The summed E-state index contributed by atoms with van der Waals surface area (Å²) in [6, 6.07) is 13.4. The third-order valence-electron chi connectivity index (χ3n) is 5.21. The van der Waals surface area contributed by atoms with Crippen LogP contribution in [0.15, 0.2) is 53.1 Å². The van der Waals surface area contributed by atoms with Crippen molar-refractivity contribution in [3.63, 3.8) is 0 Å². The second kappa shape index (κ2) is 8.61. The number of furan rings is 1. The number of amides is 2. The van der Waals surface area contributed by atoms with E-state index in [4.69, 9.17) is 15.1 Å². The summed E-state index contributed by atoms with van der Waals surface area (Å²) in [5.74, 6) is 0.662. The van der Waals surface area contributed by atoms with Crippen molar-refractivity contribution in [2.24, 2.45) is 11.7 Å². The minimum Gasteiger partial charge on any atom is -0.462 e. The maximum atomic E-state index is 13.4. The molecule has 0 saturated carbocycles. The molecule has 1 saturated heterocycles. The average molecular weight is 410 g/mol. The molecular formula is C22H23N3O3S. The number of thiazole rings is 1. The Balaban J connectivity index is 1.62. The molecular weight excluding hydrogens is 386 g/mol. The molecule has 1 atom stereocenters. The lowest BCUT2D eigenvalue weighted by atomic mass is 9.93. The highest BCUT2D eigenvalue weighted by Crippen LogP contribution is 2.35. The van der Waals surface area contributed by atoms with Gasteiger partial charge in [-0.15, -0.1) is 11.3 Å². The van der Waals surface area contributed by atoms with Gasteiger partial charge in [0, 0.05) is 25.1 Å². The predicted octanol–water partition coefficient (Wildman–Crippen LogP) is 4.19. The standard InChI is InChI=1S/C22H23N3O3S/c23-18(26)11-10-15-6-4-12-25(14-15)22(27)20-19(16-7-2-1-3-8-16)24-21(29-20)17-9-5-13-28-17/h1-3,5,7-9,13,15H,4,6,10-12,14H2,(H2,23,26). The second-order valence-electron chi connectivity index (χ2n) is 7.30. The zero-order chi connectivity index (χ0) is 20.2. The molecule has 7 heteroatoms. The van der Waals surface area contributed by atoms with Gasteiger partial charge in [0.15, 0.2) is 10.8 Å². The highest BCUT2D eigenvalue weighted by molar-refractivity contribution is 7.17. The van der Waals surface area contributed by atoms with Crippen molar-refractivity contribution in [2.45, 2.75) is 25.7 Å². The number of primary amides is 1. The SMILES string of the molecule is NC(=O)CCC1CCCN(C(=O)c2sc(-c3ccco3)nc2-c2ccccc2)C1. The van der Waals surface area contributed by atoms with Gasteiger partial charge in [-0.1, -0.05) is 30.3 Å². The number of piperidine rings is 1. The molecule has 0 spiro atoms. The summed E-state index contributed by atoms with van der Waals surface area (Å²) in [4.78, 5) is 31.8. The number of nitrogens with zero attached hydrogens (tertiary/aromatic N) is 2. The van der Waals surface area contributed by atoms with E-state index in [0.29, 0.717) is 46.8 Å². The third kappa shape index (κ3) is 4.40. The third-order valence-corrected chi connectivity index (χ3v) is 6.26. The molecule has 1 aliphatic heterocycles. The van der Waals surface area contributed by atoms with Crippen molar-refractivity contribution in [1.82, 2.24) is 9.88 Å². The van der Waals surface area contributed by atoms with Gasteiger partial charge in [0.2, 0.25) is 5.91 Å². The Morgan fingerprint density at radius 2 is 2.03 bits per heavy atom. The van der Waals surface area contributed by atoms with Crippen LogP contribution < -0.4 is 5.73 Å². The van der Waals surface area contributed by atoms with Crippen LogP contribution in [-0.4, -0.2) is 34.8 Å². The van der Waals surface area contributed by atoms with E-state index >= 15 is 0 Å². The molecule has 1 aliphatic rings. The molecule has 2 amide bonds. The molecule has 0 radical (unpaired) electrons. The van der Waals surface area contributed by atoms with Crippen LogP contribution in [0, 0.1) is 5.92 Å². The van der Waals surface area contributed by atoms with Crippen molar-refractivity contribution >= 4 is 23.2 Å². The van der Waals surface area contributed by atoms with Crippen LogP contribution in [0.2, 0.25) is 0 Å². The summed E-state index contributed by atoms with van der Waals surface area (Å²) in [6.07, 6.45) is 4.65. The first-order chi connectivity index (χ1) is 14.1. The molecule has 1 aromatic carbocycles. The van der Waals surface area contributed by atoms with Crippen LogP contribution in [0.3, 0.4) is 0 Å².